The fourth-order valence-electron chi connectivity index (χ4n) is 7.65. The fourth-order valence-corrected chi connectivity index (χ4v) is 7.65. The first kappa shape index (κ1) is 29.2. The Morgan fingerprint density at radius 2 is 0.961 bits per heavy atom. The number of fused-ring (bicyclic) bond motifs is 7. The van der Waals surface area contributed by atoms with Crippen LogP contribution in [-0.2, 0) is 0 Å². The Morgan fingerprint density at radius 3 is 1.61 bits per heavy atom. The van der Waals surface area contributed by atoms with Crippen molar-refractivity contribution in [3.63, 3.8) is 0 Å². The number of aromatic nitrogens is 1. The summed E-state index contributed by atoms with van der Waals surface area (Å²) >= 11 is 0. The van der Waals surface area contributed by atoms with E-state index >= 15 is 0 Å². The van der Waals surface area contributed by atoms with Crippen LogP contribution in [0.25, 0.3) is 60.2 Å². The van der Waals surface area contributed by atoms with E-state index in [1.165, 1.54) is 54.5 Å². The molecule has 2 heterocycles. The van der Waals surface area contributed by atoms with E-state index in [2.05, 4.69) is 155 Å². The highest BCUT2D eigenvalue weighted by Gasteiger charge is 2.22. The molecule has 1 aliphatic heterocycles. The van der Waals surface area contributed by atoms with E-state index in [0.717, 1.165) is 34.0 Å². The van der Waals surface area contributed by atoms with Crippen LogP contribution >= 0.6 is 0 Å². The van der Waals surface area contributed by atoms with E-state index in [9.17, 15) is 0 Å². The maximum absolute atomic E-state index is 5.12. The van der Waals surface area contributed by atoms with E-state index in [4.69, 9.17) is 9.98 Å². The normalized spacial score (nSPS) is 13.4. The summed E-state index contributed by atoms with van der Waals surface area (Å²) < 4.78 is 2.43. The van der Waals surface area contributed by atoms with Gasteiger partial charge in [0.1, 0.15) is 11.7 Å². The zero-order chi connectivity index (χ0) is 33.7. The Morgan fingerprint density at radius 1 is 0.431 bits per heavy atom. The van der Waals surface area contributed by atoms with Gasteiger partial charge >= 0.3 is 0 Å². The summed E-state index contributed by atoms with van der Waals surface area (Å²) in [6.07, 6.45) is -0.388. The molecule has 1 aromatic heterocycles. The van der Waals surface area contributed by atoms with Gasteiger partial charge in [-0.3, -0.25) is 0 Å². The number of rotatable bonds is 5. The summed E-state index contributed by atoms with van der Waals surface area (Å²) in [6, 6.07) is 64.6. The second kappa shape index (κ2) is 12.0. The van der Waals surface area contributed by atoms with Crippen LogP contribution < -0.4 is 5.32 Å². The monoisotopic (exact) mass is 652 g/mol. The number of hydrogen-bond donors (Lipinski definition) is 1. The molecule has 0 spiro atoms. The third-order valence-electron chi connectivity index (χ3n) is 10.0. The first-order chi connectivity index (χ1) is 25.3. The lowest BCUT2D eigenvalue weighted by Gasteiger charge is -2.22. The lowest BCUT2D eigenvalue weighted by Crippen LogP contribution is -2.35. The molecule has 240 valence electrons. The topological polar surface area (TPSA) is 41.7 Å². The second-order valence-electron chi connectivity index (χ2n) is 13.0. The molecule has 10 rings (SSSR count). The first-order valence-corrected chi connectivity index (χ1v) is 17.4. The van der Waals surface area contributed by atoms with Crippen molar-refractivity contribution < 1.29 is 0 Å². The van der Waals surface area contributed by atoms with E-state index in [1.807, 2.05) is 36.4 Å². The smallest absolute Gasteiger partial charge is 0.169 e. The summed E-state index contributed by atoms with van der Waals surface area (Å²) in [5.74, 6) is 1.63. The predicted molar refractivity (Wildman–Crippen MR) is 213 cm³/mol. The van der Waals surface area contributed by atoms with Gasteiger partial charge < -0.3 is 9.88 Å². The molecule has 0 fully saturated rings. The standard InChI is InChI=1S/C47H32N4/c1-4-14-31(15-5-1)40-30-42-44(39-23-13-12-22-38(39)40)43-37-21-11-10-16-32(37)26-29-41(43)51(42)36-27-24-35(25-28-36)47-49-45(33-17-6-2-7-18-33)48-46(50-47)34-19-8-3-9-20-34/h1-30,47H,(H,48,49,50). The van der Waals surface area contributed by atoms with E-state index < -0.39 is 0 Å². The lowest BCUT2D eigenvalue weighted by molar-refractivity contribution is 0.755. The third-order valence-corrected chi connectivity index (χ3v) is 10.0. The van der Waals surface area contributed by atoms with Gasteiger partial charge in [-0.2, -0.15) is 0 Å². The van der Waals surface area contributed by atoms with Crippen LogP contribution in [0.3, 0.4) is 0 Å². The van der Waals surface area contributed by atoms with Crippen molar-refractivity contribution in [3.8, 4) is 16.8 Å². The minimum atomic E-state index is -0.388. The molecular weight excluding hydrogens is 621 g/mol. The van der Waals surface area contributed by atoms with Crippen LogP contribution in [-0.4, -0.2) is 16.2 Å². The van der Waals surface area contributed by atoms with Crippen LogP contribution in [0.4, 0.5) is 0 Å². The SMILES string of the molecule is c1ccc(C2=NC(c3ccc(-n4c5ccc6ccccc6c5c5c6ccccc6c(-c6ccccc6)cc54)cc3)N=C(c3ccccc3)N2)cc1. The number of aliphatic imine (C=N–C) groups is 2. The van der Waals surface area contributed by atoms with Gasteiger partial charge in [-0.15, -0.1) is 0 Å². The van der Waals surface area contributed by atoms with Gasteiger partial charge in [0.15, 0.2) is 6.17 Å². The highest BCUT2D eigenvalue weighted by Crippen LogP contribution is 2.43. The molecule has 4 nitrogen and oxygen atoms in total. The Bertz CT molecular complexity index is 2740. The highest BCUT2D eigenvalue weighted by molar-refractivity contribution is 6.30. The zero-order valence-electron chi connectivity index (χ0n) is 27.7. The number of nitrogens with zero attached hydrogens (tertiary/aromatic N) is 3. The van der Waals surface area contributed by atoms with Crippen molar-refractivity contribution >= 4 is 55.0 Å². The average Bonchev–Trinajstić information content (AvgIpc) is 3.56. The molecule has 0 aliphatic carbocycles. The molecule has 1 N–H and O–H groups in total. The lowest BCUT2D eigenvalue weighted by atomic mass is 9.94. The highest BCUT2D eigenvalue weighted by atomic mass is 15.2. The zero-order valence-corrected chi connectivity index (χ0v) is 27.7. The quantitative estimate of drug-likeness (QED) is 0.197. The number of nitrogens with one attached hydrogen (secondary N) is 1. The van der Waals surface area contributed by atoms with Crippen molar-refractivity contribution in [1.82, 2.24) is 9.88 Å². The number of amidine groups is 2. The van der Waals surface area contributed by atoms with Crippen molar-refractivity contribution in [2.24, 2.45) is 9.98 Å². The molecule has 0 radical (unpaired) electrons. The molecule has 0 saturated carbocycles. The molecular formula is C47H32N4. The van der Waals surface area contributed by atoms with Crippen LogP contribution in [0.5, 0.6) is 0 Å². The number of hydrogen-bond acceptors (Lipinski definition) is 3. The summed E-state index contributed by atoms with van der Waals surface area (Å²) in [6.45, 7) is 0. The van der Waals surface area contributed by atoms with Crippen LogP contribution in [0.2, 0.25) is 0 Å². The average molecular weight is 653 g/mol. The van der Waals surface area contributed by atoms with Crippen LogP contribution in [0, 0.1) is 0 Å². The largest absolute Gasteiger partial charge is 0.324 e. The molecule has 0 saturated heterocycles. The van der Waals surface area contributed by atoms with Crippen LogP contribution in [0.1, 0.15) is 22.9 Å². The molecule has 9 aromatic rings. The molecule has 1 aliphatic rings. The van der Waals surface area contributed by atoms with Gasteiger partial charge in [-0.05, 0) is 62.5 Å². The van der Waals surface area contributed by atoms with Crippen molar-refractivity contribution in [2.75, 3.05) is 0 Å². The predicted octanol–water partition coefficient (Wildman–Crippen LogP) is 11.3. The Hall–Kier alpha value is -6.78. The van der Waals surface area contributed by atoms with E-state index in [0.29, 0.717) is 0 Å². The molecule has 0 atom stereocenters. The van der Waals surface area contributed by atoms with Gasteiger partial charge in [0.2, 0.25) is 0 Å². The maximum atomic E-state index is 5.12. The van der Waals surface area contributed by atoms with Gasteiger partial charge in [0.05, 0.1) is 11.0 Å². The maximum Gasteiger partial charge on any atom is 0.169 e. The molecule has 51 heavy (non-hydrogen) atoms. The van der Waals surface area contributed by atoms with Crippen LogP contribution in [0.15, 0.2) is 192 Å². The Kier molecular flexibility index (Phi) is 6.85. The van der Waals surface area contributed by atoms with E-state index in [1.54, 1.807) is 0 Å². The summed E-state index contributed by atoms with van der Waals surface area (Å²) in [4.78, 5) is 10.2. The number of benzene rings is 8. The van der Waals surface area contributed by atoms with Gasteiger partial charge in [-0.25, -0.2) is 9.98 Å². The Balaban J connectivity index is 1.19. The molecule has 4 heteroatoms. The summed E-state index contributed by atoms with van der Waals surface area (Å²) in [5.41, 5.74) is 8.98. The minimum Gasteiger partial charge on any atom is -0.324 e. The first-order valence-electron chi connectivity index (χ1n) is 17.4. The van der Waals surface area contributed by atoms with E-state index in [-0.39, 0.29) is 6.17 Å². The van der Waals surface area contributed by atoms with Crippen molar-refractivity contribution in [3.05, 3.63) is 199 Å². The fraction of sp³-hybridized carbons (Fsp3) is 0.0213. The molecule has 0 unspecified atom stereocenters. The second-order valence-corrected chi connectivity index (χ2v) is 13.0. The van der Waals surface area contributed by atoms with Gasteiger partial charge in [-0.1, -0.05) is 158 Å². The van der Waals surface area contributed by atoms with Gasteiger partial charge in [0, 0.05) is 27.6 Å². The Labute approximate surface area is 295 Å². The molecule has 0 amide bonds. The third kappa shape index (κ3) is 4.92. The van der Waals surface area contributed by atoms with Crippen molar-refractivity contribution in [2.45, 2.75) is 6.17 Å². The minimum absolute atomic E-state index is 0.388. The summed E-state index contributed by atoms with van der Waals surface area (Å²) in [7, 11) is 0. The summed E-state index contributed by atoms with van der Waals surface area (Å²) in [5, 5.41) is 11.1. The van der Waals surface area contributed by atoms with Crippen molar-refractivity contribution in [1.29, 1.82) is 0 Å². The molecule has 0 bridgehead atoms. The molecule has 8 aromatic carbocycles. The van der Waals surface area contributed by atoms with Gasteiger partial charge in [0.25, 0.3) is 0 Å².